The number of amides is 4. The number of rotatable bonds is 13. The largest absolute Gasteiger partial charge is 0.391 e. The number of hydrogen-bond donors (Lipinski definition) is 5. The maximum Gasteiger partial charge on any atom is 0.274 e. The molecule has 5 N–H and O–H groups in total. The van der Waals surface area contributed by atoms with Crippen LogP contribution in [0.25, 0.3) is 0 Å². The predicted octanol–water partition coefficient (Wildman–Crippen LogP) is 2.86. The molecule has 1 aromatic heterocycles. The first-order valence-corrected chi connectivity index (χ1v) is 14.4. The lowest BCUT2D eigenvalue weighted by atomic mass is 10.0. The quantitative estimate of drug-likeness (QED) is 0.144. The molecule has 0 radical (unpaired) electrons. The van der Waals surface area contributed by atoms with Crippen molar-refractivity contribution in [2.24, 2.45) is 5.92 Å². The summed E-state index contributed by atoms with van der Waals surface area (Å²) < 4.78 is 4.92. The molecule has 1 unspecified atom stereocenters. The summed E-state index contributed by atoms with van der Waals surface area (Å²) in [7, 11) is 0. The highest BCUT2D eigenvalue weighted by atomic mass is 16.5. The van der Waals surface area contributed by atoms with Gasteiger partial charge in [-0.15, -0.1) is 0 Å². The Bertz CT molecular complexity index is 1570. The number of hydrogen-bond acceptors (Lipinski definition) is 8. The fraction of sp³-hybridized carbons (Fsp3) is 0.333. The average Bonchev–Trinajstić information content (AvgIpc) is 3.44. The highest BCUT2D eigenvalue weighted by Gasteiger charge is 2.31. The SMILES string of the molecule is Cc1ccc(CNC(=O)C(Cc2ccc(NC(=O)C(C#N)=CC(C)C)cc2)NC(=O)[C@@H](NC(=O)c2cc(C)on2)[C@@H](C)O)cc1. The van der Waals surface area contributed by atoms with E-state index in [1.54, 1.807) is 37.3 Å². The molecule has 0 aliphatic heterocycles. The summed E-state index contributed by atoms with van der Waals surface area (Å²) >= 11 is 0. The standard InChI is InChI=1S/C33H38N6O6/c1-19(2)14-25(17-34)30(41)36-26-12-10-23(11-13-26)16-27(31(42)35-18-24-8-6-20(3)7-9-24)37-33(44)29(22(5)40)38-32(43)28-15-21(4)45-39-28/h6-15,19,22,27,29,40H,16,18H2,1-5H3,(H,35,42)(H,36,41)(H,37,44)(H,38,43)/t22-,27?,29+/m1/s1. The van der Waals surface area contributed by atoms with Gasteiger partial charge in [-0.05, 0) is 49.9 Å². The van der Waals surface area contributed by atoms with Crippen molar-refractivity contribution in [2.75, 3.05) is 5.32 Å². The molecule has 0 fully saturated rings. The molecular weight excluding hydrogens is 576 g/mol. The van der Waals surface area contributed by atoms with Crippen LogP contribution in [-0.4, -0.2) is 52.1 Å². The smallest absolute Gasteiger partial charge is 0.274 e. The van der Waals surface area contributed by atoms with Crippen LogP contribution in [0.4, 0.5) is 5.69 Å². The molecule has 3 aromatic rings. The number of nitrogens with zero attached hydrogens (tertiary/aromatic N) is 2. The Balaban J connectivity index is 1.77. The van der Waals surface area contributed by atoms with Gasteiger partial charge in [-0.3, -0.25) is 19.2 Å². The number of nitriles is 1. The summed E-state index contributed by atoms with van der Waals surface area (Å²) in [6.07, 6.45) is 0.324. The molecule has 0 bridgehead atoms. The molecule has 1 heterocycles. The zero-order chi connectivity index (χ0) is 33.1. The minimum Gasteiger partial charge on any atom is -0.391 e. The zero-order valence-corrected chi connectivity index (χ0v) is 25.9. The molecule has 4 amide bonds. The maximum atomic E-state index is 13.4. The van der Waals surface area contributed by atoms with Crippen molar-refractivity contribution in [3.8, 4) is 6.07 Å². The van der Waals surface area contributed by atoms with Gasteiger partial charge >= 0.3 is 0 Å². The van der Waals surface area contributed by atoms with Gasteiger partial charge in [-0.25, -0.2) is 0 Å². The van der Waals surface area contributed by atoms with Gasteiger partial charge in [0, 0.05) is 24.7 Å². The Morgan fingerprint density at radius 3 is 2.16 bits per heavy atom. The Kier molecular flexibility index (Phi) is 12.1. The van der Waals surface area contributed by atoms with Crippen LogP contribution in [0, 0.1) is 31.1 Å². The number of aliphatic hydroxyl groups is 1. The number of aryl methyl sites for hydroxylation is 2. The second kappa shape index (κ2) is 16.0. The van der Waals surface area contributed by atoms with Gasteiger partial charge in [-0.2, -0.15) is 5.26 Å². The van der Waals surface area contributed by atoms with E-state index in [1.807, 2.05) is 51.1 Å². The van der Waals surface area contributed by atoms with E-state index >= 15 is 0 Å². The lowest BCUT2D eigenvalue weighted by Crippen LogP contribution is -2.57. The van der Waals surface area contributed by atoms with Gasteiger partial charge in [0.05, 0.1) is 6.10 Å². The number of aromatic nitrogens is 1. The predicted molar refractivity (Wildman–Crippen MR) is 166 cm³/mol. The third-order valence-electron chi connectivity index (χ3n) is 6.65. The molecule has 12 heteroatoms. The molecule has 236 valence electrons. The van der Waals surface area contributed by atoms with Crippen molar-refractivity contribution in [1.82, 2.24) is 21.1 Å². The number of aliphatic hydroxyl groups excluding tert-OH is 1. The molecule has 12 nitrogen and oxygen atoms in total. The van der Waals surface area contributed by atoms with Gasteiger partial charge in [0.25, 0.3) is 11.8 Å². The lowest BCUT2D eigenvalue weighted by Gasteiger charge is -2.24. The van der Waals surface area contributed by atoms with Gasteiger partial charge in [0.15, 0.2) is 5.69 Å². The van der Waals surface area contributed by atoms with Crippen LogP contribution in [0.3, 0.4) is 0 Å². The van der Waals surface area contributed by atoms with Crippen molar-refractivity contribution in [3.05, 3.63) is 94.4 Å². The maximum absolute atomic E-state index is 13.4. The summed E-state index contributed by atoms with van der Waals surface area (Å²) in [5.41, 5.74) is 2.96. The molecule has 0 saturated carbocycles. The summed E-state index contributed by atoms with van der Waals surface area (Å²) in [6.45, 7) is 8.84. The van der Waals surface area contributed by atoms with Gasteiger partial charge < -0.3 is 30.9 Å². The normalized spacial score (nSPS) is 13.2. The van der Waals surface area contributed by atoms with E-state index in [0.29, 0.717) is 17.0 Å². The summed E-state index contributed by atoms with van der Waals surface area (Å²) in [5.74, 6) is -2.11. The molecule has 3 rings (SSSR count). The Labute approximate surface area is 261 Å². The second-order valence-electron chi connectivity index (χ2n) is 11.1. The van der Waals surface area contributed by atoms with Crippen LogP contribution in [-0.2, 0) is 27.3 Å². The van der Waals surface area contributed by atoms with E-state index in [9.17, 15) is 29.5 Å². The first-order valence-electron chi connectivity index (χ1n) is 14.4. The molecule has 3 atom stereocenters. The van der Waals surface area contributed by atoms with Crippen molar-refractivity contribution in [2.45, 2.75) is 65.8 Å². The monoisotopic (exact) mass is 614 g/mol. The van der Waals surface area contributed by atoms with E-state index in [1.165, 1.54) is 13.0 Å². The summed E-state index contributed by atoms with van der Waals surface area (Å²) in [6, 6.07) is 15.0. The number of anilines is 1. The molecule has 0 aliphatic rings. The van der Waals surface area contributed by atoms with Crippen molar-refractivity contribution < 1.29 is 28.8 Å². The first kappa shape index (κ1) is 34.2. The minimum atomic E-state index is -1.40. The minimum absolute atomic E-state index is 0.000503. The second-order valence-corrected chi connectivity index (χ2v) is 11.1. The van der Waals surface area contributed by atoms with E-state index in [0.717, 1.165) is 11.1 Å². The lowest BCUT2D eigenvalue weighted by molar-refractivity contribution is -0.131. The summed E-state index contributed by atoms with van der Waals surface area (Å²) in [4.78, 5) is 51.8. The topological polar surface area (TPSA) is 186 Å². The van der Waals surface area contributed by atoms with Crippen molar-refractivity contribution in [3.63, 3.8) is 0 Å². The van der Waals surface area contributed by atoms with Gasteiger partial charge in [0.2, 0.25) is 11.8 Å². The van der Waals surface area contributed by atoms with Crippen LogP contribution in [0.5, 0.6) is 0 Å². The Hall–Kier alpha value is -5.28. The third kappa shape index (κ3) is 10.4. The Morgan fingerprint density at radius 1 is 0.956 bits per heavy atom. The number of allylic oxidation sites excluding steroid dienone is 1. The molecule has 2 aromatic carbocycles. The number of benzene rings is 2. The number of nitrogens with one attached hydrogen (secondary N) is 4. The Morgan fingerprint density at radius 2 is 1.60 bits per heavy atom. The molecule has 45 heavy (non-hydrogen) atoms. The summed E-state index contributed by atoms with van der Waals surface area (Å²) in [5, 5.41) is 33.9. The van der Waals surface area contributed by atoms with Gasteiger partial charge in [0.1, 0.15) is 29.5 Å². The highest BCUT2D eigenvalue weighted by molar-refractivity contribution is 6.06. The van der Waals surface area contributed by atoms with Crippen LogP contribution in [0.15, 0.2) is 70.8 Å². The van der Waals surface area contributed by atoms with E-state index in [2.05, 4.69) is 26.4 Å². The first-order chi connectivity index (χ1) is 21.4. The van der Waals surface area contributed by atoms with Crippen LogP contribution >= 0.6 is 0 Å². The third-order valence-corrected chi connectivity index (χ3v) is 6.65. The molecular formula is C33H38N6O6. The van der Waals surface area contributed by atoms with Gasteiger partial charge in [-0.1, -0.05) is 67.0 Å². The molecule has 0 aliphatic carbocycles. The van der Waals surface area contributed by atoms with Crippen molar-refractivity contribution in [1.29, 1.82) is 5.26 Å². The van der Waals surface area contributed by atoms with Crippen LogP contribution < -0.4 is 21.3 Å². The van der Waals surface area contributed by atoms with E-state index in [-0.39, 0.29) is 30.2 Å². The average molecular weight is 615 g/mol. The zero-order valence-electron chi connectivity index (χ0n) is 25.9. The van der Waals surface area contributed by atoms with E-state index < -0.39 is 41.8 Å². The molecule has 0 saturated heterocycles. The molecule has 0 spiro atoms. The highest BCUT2D eigenvalue weighted by Crippen LogP contribution is 2.14. The number of carbonyl (C=O) groups excluding carboxylic acids is 4. The van der Waals surface area contributed by atoms with Crippen LogP contribution in [0.1, 0.15) is 53.7 Å². The van der Waals surface area contributed by atoms with Crippen LogP contribution in [0.2, 0.25) is 0 Å². The van der Waals surface area contributed by atoms with E-state index in [4.69, 9.17) is 4.52 Å². The number of carbonyl (C=O) groups is 4. The fourth-order valence-electron chi connectivity index (χ4n) is 4.24. The van der Waals surface area contributed by atoms with Crippen molar-refractivity contribution >= 4 is 29.3 Å². The fourth-order valence-corrected chi connectivity index (χ4v) is 4.24.